The molecule has 0 aliphatic rings. The number of ether oxygens (including phenoxy) is 1. The summed E-state index contributed by atoms with van der Waals surface area (Å²) in [7, 11) is 1.63. The first-order chi connectivity index (χ1) is 11.0. The molecule has 0 aliphatic carbocycles. The van der Waals surface area contributed by atoms with Gasteiger partial charge in [-0.15, -0.1) is 0 Å². The smallest absolute Gasteiger partial charge is 0.257 e. The van der Waals surface area contributed by atoms with Gasteiger partial charge in [0.05, 0.1) is 11.8 Å². The average molecular weight is 324 g/mol. The van der Waals surface area contributed by atoms with Crippen LogP contribution in [0.5, 0.6) is 0 Å². The number of methoxy groups -OCH3 is 1. The zero-order chi connectivity index (χ0) is 17.1. The van der Waals surface area contributed by atoms with Crippen molar-refractivity contribution in [3.05, 3.63) is 24.2 Å². The number of hydrogen-bond donors (Lipinski definition) is 1. The fourth-order valence-corrected chi connectivity index (χ4v) is 2.07. The van der Waals surface area contributed by atoms with Gasteiger partial charge in [-0.05, 0) is 24.8 Å². The molecule has 130 valence electrons. The van der Waals surface area contributed by atoms with Gasteiger partial charge in [-0.25, -0.2) is 0 Å². The van der Waals surface area contributed by atoms with Crippen molar-refractivity contribution < 1.29 is 18.7 Å². The van der Waals surface area contributed by atoms with Crippen LogP contribution in [0.15, 0.2) is 23.0 Å². The van der Waals surface area contributed by atoms with Crippen molar-refractivity contribution in [1.82, 2.24) is 10.2 Å². The third-order valence-electron chi connectivity index (χ3n) is 3.49. The third kappa shape index (κ3) is 7.83. The molecule has 0 saturated carbocycles. The van der Waals surface area contributed by atoms with Crippen molar-refractivity contribution in [2.75, 3.05) is 33.4 Å². The van der Waals surface area contributed by atoms with E-state index in [0.717, 1.165) is 12.8 Å². The molecule has 1 heterocycles. The maximum atomic E-state index is 12.4. The molecule has 1 aromatic heterocycles. The second kappa shape index (κ2) is 10.8. The van der Waals surface area contributed by atoms with E-state index in [1.54, 1.807) is 18.1 Å². The molecule has 23 heavy (non-hydrogen) atoms. The highest BCUT2D eigenvalue weighted by molar-refractivity contribution is 5.94. The minimum Gasteiger partial charge on any atom is -0.472 e. The first kappa shape index (κ1) is 19.2. The highest BCUT2D eigenvalue weighted by Gasteiger charge is 2.18. The van der Waals surface area contributed by atoms with Crippen LogP contribution in [-0.4, -0.2) is 50.1 Å². The van der Waals surface area contributed by atoms with Gasteiger partial charge < -0.3 is 19.4 Å². The summed E-state index contributed by atoms with van der Waals surface area (Å²) in [6.07, 6.45) is 4.91. The largest absolute Gasteiger partial charge is 0.472 e. The Hall–Kier alpha value is -1.82. The van der Waals surface area contributed by atoms with Gasteiger partial charge in [-0.3, -0.25) is 9.59 Å². The van der Waals surface area contributed by atoms with E-state index in [9.17, 15) is 9.59 Å². The van der Waals surface area contributed by atoms with E-state index in [0.29, 0.717) is 44.1 Å². The number of nitrogens with one attached hydrogen (secondary N) is 1. The summed E-state index contributed by atoms with van der Waals surface area (Å²) in [6.45, 7) is 6.49. The van der Waals surface area contributed by atoms with Gasteiger partial charge in [0, 0.05) is 39.8 Å². The normalized spacial score (nSPS) is 10.8. The Morgan fingerprint density at radius 1 is 1.35 bits per heavy atom. The number of carbonyl (C=O) groups is 2. The van der Waals surface area contributed by atoms with Gasteiger partial charge >= 0.3 is 0 Å². The van der Waals surface area contributed by atoms with E-state index in [1.165, 1.54) is 12.5 Å². The van der Waals surface area contributed by atoms with Crippen LogP contribution in [0.3, 0.4) is 0 Å². The molecule has 0 aromatic carbocycles. The van der Waals surface area contributed by atoms with Crippen LogP contribution in [-0.2, 0) is 9.53 Å². The fourth-order valence-electron chi connectivity index (χ4n) is 2.07. The van der Waals surface area contributed by atoms with Crippen molar-refractivity contribution >= 4 is 11.8 Å². The summed E-state index contributed by atoms with van der Waals surface area (Å²) in [6, 6.07) is 1.65. The summed E-state index contributed by atoms with van der Waals surface area (Å²) in [4.78, 5) is 26.0. The Bertz CT molecular complexity index is 457. The predicted molar refractivity (Wildman–Crippen MR) is 88.2 cm³/mol. The predicted octanol–water partition coefficient (Wildman–Crippen LogP) is 2.31. The van der Waals surface area contributed by atoms with Crippen LogP contribution in [0.4, 0.5) is 0 Å². The summed E-state index contributed by atoms with van der Waals surface area (Å²) >= 11 is 0. The topological polar surface area (TPSA) is 71.8 Å². The lowest BCUT2D eigenvalue weighted by atomic mass is 10.1. The van der Waals surface area contributed by atoms with E-state index >= 15 is 0 Å². The molecule has 1 aromatic rings. The van der Waals surface area contributed by atoms with Crippen molar-refractivity contribution in [2.24, 2.45) is 5.92 Å². The Morgan fingerprint density at radius 3 is 2.74 bits per heavy atom. The molecule has 0 aliphatic heterocycles. The average Bonchev–Trinajstić information content (AvgIpc) is 3.05. The van der Waals surface area contributed by atoms with E-state index in [1.807, 2.05) is 0 Å². The van der Waals surface area contributed by atoms with Crippen molar-refractivity contribution in [2.45, 2.75) is 33.1 Å². The lowest BCUT2D eigenvalue weighted by Gasteiger charge is -2.23. The van der Waals surface area contributed by atoms with Gasteiger partial charge in [-0.2, -0.15) is 0 Å². The van der Waals surface area contributed by atoms with Crippen LogP contribution in [0.1, 0.15) is 43.5 Å². The number of furan rings is 1. The maximum absolute atomic E-state index is 12.4. The molecule has 0 unspecified atom stereocenters. The molecular formula is C17H28N2O4. The minimum absolute atomic E-state index is 0.0457. The van der Waals surface area contributed by atoms with Gasteiger partial charge in [-0.1, -0.05) is 13.8 Å². The lowest BCUT2D eigenvalue weighted by Crippen LogP contribution is -2.36. The van der Waals surface area contributed by atoms with Crippen LogP contribution >= 0.6 is 0 Å². The molecule has 6 nitrogen and oxygen atoms in total. The molecule has 1 rings (SSSR count). The molecule has 0 spiro atoms. The summed E-state index contributed by atoms with van der Waals surface area (Å²) in [5, 5.41) is 2.84. The summed E-state index contributed by atoms with van der Waals surface area (Å²) < 4.78 is 9.91. The first-order valence-electron chi connectivity index (χ1n) is 8.11. The highest BCUT2D eigenvalue weighted by Crippen LogP contribution is 2.09. The number of hydrogen-bond acceptors (Lipinski definition) is 4. The summed E-state index contributed by atoms with van der Waals surface area (Å²) in [5.41, 5.74) is 0.522. The Balaban J connectivity index is 2.46. The summed E-state index contributed by atoms with van der Waals surface area (Å²) in [5.74, 6) is 0.361. The molecule has 0 bridgehead atoms. The SMILES string of the molecule is COCCCNC(=O)CCN(CCC(C)C)C(=O)c1ccoc1. The quantitative estimate of drug-likeness (QED) is 0.634. The van der Waals surface area contributed by atoms with Crippen LogP contribution < -0.4 is 5.32 Å². The minimum atomic E-state index is -0.0911. The monoisotopic (exact) mass is 324 g/mol. The van der Waals surface area contributed by atoms with Gasteiger partial charge in [0.25, 0.3) is 5.91 Å². The first-order valence-corrected chi connectivity index (χ1v) is 8.11. The Morgan fingerprint density at radius 2 is 2.13 bits per heavy atom. The van der Waals surface area contributed by atoms with Gasteiger partial charge in [0.15, 0.2) is 0 Å². The molecule has 0 saturated heterocycles. The highest BCUT2D eigenvalue weighted by atomic mass is 16.5. The number of carbonyl (C=O) groups excluding carboxylic acids is 2. The van der Waals surface area contributed by atoms with Crippen molar-refractivity contribution in [3.63, 3.8) is 0 Å². The van der Waals surface area contributed by atoms with Crippen LogP contribution in [0.2, 0.25) is 0 Å². The molecular weight excluding hydrogens is 296 g/mol. The van der Waals surface area contributed by atoms with E-state index in [4.69, 9.17) is 9.15 Å². The lowest BCUT2D eigenvalue weighted by molar-refractivity contribution is -0.121. The van der Waals surface area contributed by atoms with Crippen molar-refractivity contribution in [3.8, 4) is 0 Å². The molecule has 0 atom stereocenters. The fraction of sp³-hybridized carbons (Fsp3) is 0.647. The molecule has 1 N–H and O–H groups in total. The van der Waals surface area contributed by atoms with E-state index in [-0.39, 0.29) is 11.8 Å². The van der Waals surface area contributed by atoms with Crippen LogP contribution in [0, 0.1) is 5.92 Å². The molecule has 2 amide bonds. The molecule has 0 radical (unpaired) electrons. The number of amides is 2. The van der Waals surface area contributed by atoms with E-state index in [2.05, 4.69) is 19.2 Å². The third-order valence-corrected chi connectivity index (χ3v) is 3.49. The zero-order valence-electron chi connectivity index (χ0n) is 14.3. The Kier molecular flexibility index (Phi) is 9.05. The van der Waals surface area contributed by atoms with E-state index < -0.39 is 0 Å². The standard InChI is InChI=1S/C17H28N2O4/c1-14(2)5-9-19(17(21)15-7-12-23-13-15)10-6-16(20)18-8-4-11-22-3/h7,12-14H,4-6,8-11H2,1-3H3,(H,18,20). The number of rotatable bonds is 11. The number of nitrogens with zero attached hydrogens (tertiary/aromatic N) is 1. The second-order valence-electron chi connectivity index (χ2n) is 5.93. The van der Waals surface area contributed by atoms with Crippen molar-refractivity contribution in [1.29, 1.82) is 0 Å². The molecule has 0 fully saturated rings. The van der Waals surface area contributed by atoms with Gasteiger partial charge in [0.2, 0.25) is 5.91 Å². The molecule has 6 heteroatoms. The zero-order valence-corrected chi connectivity index (χ0v) is 14.3. The maximum Gasteiger partial charge on any atom is 0.257 e. The Labute approximate surface area is 138 Å². The van der Waals surface area contributed by atoms with Gasteiger partial charge in [0.1, 0.15) is 6.26 Å². The van der Waals surface area contributed by atoms with Crippen LogP contribution in [0.25, 0.3) is 0 Å². The second-order valence-corrected chi connectivity index (χ2v) is 5.93.